The SMILES string of the molecule is CCNc1cc(N(C)CCCN(C)C)nc(C)n1. The maximum atomic E-state index is 4.47. The van der Waals surface area contributed by atoms with Crippen molar-refractivity contribution in [2.75, 3.05) is 51.0 Å². The molecule has 0 aliphatic heterocycles. The van der Waals surface area contributed by atoms with Gasteiger partial charge >= 0.3 is 0 Å². The van der Waals surface area contributed by atoms with Gasteiger partial charge in [0.1, 0.15) is 17.5 Å². The number of hydrogen-bond acceptors (Lipinski definition) is 5. The average Bonchev–Trinajstić information content (AvgIpc) is 2.28. The van der Waals surface area contributed by atoms with E-state index in [0.717, 1.165) is 43.5 Å². The molecule has 0 fully saturated rings. The lowest BCUT2D eigenvalue weighted by Gasteiger charge is -2.20. The van der Waals surface area contributed by atoms with E-state index in [1.807, 2.05) is 13.0 Å². The number of rotatable bonds is 7. The van der Waals surface area contributed by atoms with Gasteiger partial charge in [0.15, 0.2) is 0 Å². The summed E-state index contributed by atoms with van der Waals surface area (Å²) < 4.78 is 0. The third-order valence-corrected chi connectivity index (χ3v) is 2.67. The van der Waals surface area contributed by atoms with Gasteiger partial charge in [-0.25, -0.2) is 9.97 Å². The molecule has 0 aromatic carbocycles. The first-order valence-corrected chi connectivity index (χ1v) is 6.48. The molecular formula is C13H25N5. The molecule has 5 heteroatoms. The second-order valence-electron chi connectivity index (χ2n) is 4.77. The second-order valence-corrected chi connectivity index (χ2v) is 4.77. The van der Waals surface area contributed by atoms with Crippen molar-refractivity contribution >= 4 is 11.6 Å². The van der Waals surface area contributed by atoms with Crippen LogP contribution in [0.4, 0.5) is 11.6 Å². The topological polar surface area (TPSA) is 44.3 Å². The molecule has 0 aliphatic rings. The van der Waals surface area contributed by atoms with Gasteiger partial charge in [-0.15, -0.1) is 0 Å². The molecule has 0 amide bonds. The fourth-order valence-corrected chi connectivity index (χ4v) is 1.76. The Hall–Kier alpha value is -1.36. The summed E-state index contributed by atoms with van der Waals surface area (Å²) in [4.78, 5) is 13.2. The highest BCUT2D eigenvalue weighted by atomic mass is 15.2. The fraction of sp³-hybridized carbons (Fsp3) is 0.692. The van der Waals surface area contributed by atoms with Crippen molar-refractivity contribution in [3.05, 3.63) is 11.9 Å². The summed E-state index contributed by atoms with van der Waals surface area (Å²) in [5.41, 5.74) is 0. The van der Waals surface area contributed by atoms with E-state index in [0.29, 0.717) is 0 Å². The molecule has 1 rings (SSSR count). The summed E-state index contributed by atoms with van der Waals surface area (Å²) in [6.07, 6.45) is 1.13. The van der Waals surface area contributed by atoms with Gasteiger partial charge < -0.3 is 15.1 Å². The van der Waals surface area contributed by atoms with Gasteiger partial charge in [-0.3, -0.25) is 0 Å². The van der Waals surface area contributed by atoms with Crippen LogP contribution >= 0.6 is 0 Å². The predicted molar refractivity (Wildman–Crippen MR) is 77.4 cm³/mol. The van der Waals surface area contributed by atoms with Crippen LogP contribution in [-0.2, 0) is 0 Å². The molecule has 0 spiro atoms. The lowest BCUT2D eigenvalue weighted by molar-refractivity contribution is 0.401. The quantitative estimate of drug-likeness (QED) is 0.797. The van der Waals surface area contributed by atoms with Crippen molar-refractivity contribution in [3.8, 4) is 0 Å². The second kappa shape index (κ2) is 7.16. The van der Waals surface area contributed by atoms with Crippen molar-refractivity contribution < 1.29 is 0 Å². The van der Waals surface area contributed by atoms with E-state index in [-0.39, 0.29) is 0 Å². The zero-order valence-corrected chi connectivity index (χ0v) is 12.2. The zero-order valence-electron chi connectivity index (χ0n) is 12.2. The van der Waals surface area contributed by atoms with Gasteiger partial charge in [-0.05, 0) is 40.9 Å². The normalized spacial score (nSPS) is 10.8. The first-order chi connectivity index (χ1) is 8.52. The summed E-state index contributed by atoms with van der Waals surface area (Å²) in [6, 6.07) is 2.01. The molecule has 0 aliphatic carbocycles. The van der Waals surface area contributed by atoms with Crippen LogP contribution in [0.1, 0.15) is 19.2 Å². The Labute approximate surface area is 110 Å². The van der Waals surface area contributed by atoms with Crippen LogP contribution < -0.4 is 10.2 Å². The molecule has 1 aromatic heterocycles. The summed E-state index contributed by atoms with van der Waals surface area (Å²) in [7, 11) is 6.27. The monoisotopic (exact) mass is 251 g/mol. The molecular weight excluding hydrogens is 226 g/mol. The molecule has 102 valence electrons. The molecule has 18 heavy (non-hydrogen) atoms. The minimum Gasteiger partial charge on any atom is -0.370 e. The van der Waals surface area contributed by atoms with Gasteiger partial charge in [-0.1, -0.05) is 0 Å². The maximum absolute atomic E-state index is 4.47. The molecule has 5 nitrogen and oxygen atoms in total. The standard InChI is InChI=1S/C13H25N5/c1-6-14-12-10-13(16-11(2)15-12)18(5)9-7-8-17(3)4/h10H,6-9H2,1-5H3,(H,14,15,16). The van der Waals surface area contributed by atoms with E-state index in [4.69, 9.17) is 0 Å². The number of nitrogens with zero attached hydrogens (tertiary/aromatic N) is 4. The van der Waals surface area contributed by atoms with E-state index < -0.39 is 0 Å². The molecule has 1 N–H and O–H groups in total. The van der Waals surface area contributed by atoms with Gasteiger partial charge in [0.2, 0.25) is 0 Å². The van der Waals surface area contributed by atoms with Crippen molar-refractivity contribution in [1.29, 1.82) is 0 Å². The fourth-order valence-electron chi connectivity index (χ4n) is 1.76. The minimum atomic E-state index is 0.808. The Balaban J connectivity index is 2.63. The number of hydrogen-bond donors (Lipinski definition) is 1. The lowest BCUT2D eigenvalue weighted by atomic mass is 10.3. The first-order valence-electron chi connectivity index (χ1n) is 6.48. The Kier molecular flexibility index (Phi) is 5.85. The molecule has 0 saturated heterocycles. The lowest BCUT2D eigenvalue weighted by Crippen LogP contribution is -2.24. The Morgan fingerprint density at radius 3 is 2.50 bits per heavy atom. The summed E-state index contributed by atoms with van der Waals surface area (Å²) in [5, 5.41) is 3.23. The molecule has 0 unspecified atom stereocenters. The van der Waals surface area contributed by atoms with Crippen LogP contribution in [-0.4, -0.2) is 55.6 Å². The molecule has 1 aromatic rings. The molecule has 0 atom stereocenters. The van der Waals surface area contributed by atoms with Gasteiger partial charge in [0.05, 0.1) is 0 Å². The number of aromatic nitrogens is 2. The van der Waals surface area contributed by atoms with Crippen LogP contribution in [0.2, 0.25) is 0 Å². The van der Waals surface area contributed by atoms with Crippen LogP contribution in [0.15, 0.2) is 6.07 Å². The highest BCUT2D eigenvalue weighted by Crippen LogP contribution is 2.14. The van der Waals surface area contributed by atoms with E-state index in [9.17, 15) is 0 Å². The zero-order chi connectivity index (χ0) is 13.5. The Morgan fingerprint density at radius 1 is 1.17 bits per heavy atom. The van der Waals surface area contributed by atoms with Gasteiger partial charge in [-0.2, -0.15) is 0 Å². The Morgan fingerprint density at radius 2 is 1.89 bits per heavy atom. The largest absolute Gasteiger partial charge is 0.370 e. The van der Waals surface area contributed by atoms with E-state index in [2.05, 4.69) is 53.2 Å². The Bertz CT molecular complexity index is 364. The number of anilines is 2. The summed E-state index contributed by atoms with van der Waals surface area (Å²) in [6.45, 7) is 6.96. The van der Waals surface area contributed by atoms with Crippen molar-refractivity contribution in [3.63, 3.8) is 0 Å². The first kappa shape index (κ1) is 14.7. The molecule has 0 bridgehead atoms. The van der Waals surface area contributed by atoms with E-state index >= 15 is 0 Å². The highest BCUT2D eigenvalue weighted by molar-refractivity contribution is 5.48. The molecule has 1 heterocycles. The average molecular weight is 251 g/mol. The van der Waals surface area contributed by atoms with Crippen molar-refractivity contribution in [2.24, 2.45) is 0 Å². The molecule has 0 radical (unpaired) electrons. The van der Waals surface area contributed by atoms with Crippen molar-refractivity contribution in [2.45, 2.75) is 20.3 Å². The smallest absolute Gasteiger partial charge is 0.134 e. The van der Waals surface area contributed by atoms with E-state index in [1.54, 1.807) is 0 Å². The molecule has 0 saturated carbocycles. The van der Waals surface area contributed by atoms with Crippen LogP contribution in [0.25, 0.3) is 0 Å². The van der Waals surface area contributed by atoms with Gasteiger partial charge in [0.25, 0.3) is 0 Å². The van der Waals surface area contributed by atoms with E-state index in [1.165, 1.54) is 0 Å². The highest BCUT2D eigenvalue weighted by Gasteiger charge is 2.06. The maximum Gasteiger partial charge on any atom is 0.134 e. The third kappa shape index (κ3) is 4.87. The van der Waals surface area contributed by atoms with Gasteiger partial charge in [0, 0.05) is 26.2 Å². The summed E-state index contributed by atoms with van der Waals surface area (Å²) >= 11 is 0. The number of nitrogens with one attached hydrogen (secondary N) is 1. The van der Waals surface area contributed by atoms with Crippen molar-refractivity contribution in [1.82, 2.24) is 14.9 Å². The third-order valence-electron chi connectivity index (χ3n) is 2.67. The summed E-state index contributed by atoms with van der Waals surface area (Å²) in [5.74, 6) is 2.69. The number of aryl methyl sites for hydroxylation is 1. The minimum absolute atomic E-state index is 0.808. The van der Waals surface area contributed by atoms with Crippen LogP contribution in [0.3, 0.4) is 0 Å². The van der Waals surface area contributed by atoms with Crippen LogP contribution in [0, 0.1) is 6.92 Å². The predicted octanol–water partition coefficient (Wildman–Crippen LogP) is 1.60. The van der Waals surface area contributed by atoms with Crippen LogP contribution in [0.5, 0.6) is 0 Å².